The van der Waals surface area contributed by atoms with Crippen molar-refractivity contribution < 1.29 is 14.6 Å². The van der Waals surface area contributed by atoms with Crippen molar-refractivity contribution in [1.82, 2.24) is 0 Å². The molecule has 1 saturated heterocycles. The Bertz CT molecular complexity index is 521. The average Bonchev–Trinajstić information content (AvgIpc) is 2.47. The fourth-order valence-electron chi connectivity index (χ4n) is 4.02. The smallest absolute Gasteiger partial charge is 0.120 e. The third-order valence-electron chi connectivity index (χ3n) is 5.42. The minimum atomic E-state index is -0.315. The second kappa shape index (κ2) is 5.29. The van der Waals surface area contributed by atoms with Crippen LogP contribution in [0.1, 0.15) is 62.2 Å². The van der Waals surface area contributed by atoms with Crippen LogP contribution in [0.25, 0.3) is 0 Å². The molecule has 3 nitrogen and oxygen atoms in total. The highest BCUT2D eigenvalue weighted by atomic mass is 16.5. The number of fused-ring (bicyclic) bond motifs is 1. The second-order valence-corrected chi connectivity index (χ2v) is 6.89. The molecular weight excluding hydrogens is 264 g/mol. The van der Waals surface area contributed by atoms with Gasteiger partial charge in [0.1, 0.15) is 11.9 Å². The van der Waals surface area contributed by atoms with Gasteiger partial charge in [-0.2, -0.15) is 0 Å². The van der Waals surface area contributed by atoms with E-state index in [9.17, 15) is 5.11 Å². The Balaban J connectivity index is 1.48. The Kier molecular flexibility index (Phi) is 3.43. The first-order valence-corrected chi connectivity index (χ1v) is 8.36. The molecule has 2 fully saturated rings. The molecule has 114 valence electrons. The standard InChI is InChI=1S/C18H24O3/c19-17-4-1-3-13-5-6-14(11-16(13)17)21-15-7-10-20-18(12-15)8-2-9-18/h5-6,11,15,17,19H,1-4,7-10,12H2/t15?,17-/m1/s1. The molecule has 0 aromatic heterocycles. The minimum absolute atomic E-state index is 0.122. The first-order chi connectivity index (χ1) is 10.2. The normalized spacial score (nSPS) is 30.5. The van der Waals surface area contributed by atoms with Crippen molar-refractivity contribution in [2.75, 3.05) is 6.61 Å². The van der Waals surface area contributed by atoms with Crippen LogP contribution in [0.4, 0.5) is 0 Å². The molecule has 1 saturated carbocycles. The average molecular weight is 288 g/mol. The van der Waals surface area contributed by atoms with Gasteiger partial charge in [0, 0.05) is 12.8 Å². The van der Waals surface area contributed by atoms with Crippen molar-refractivity contribution in [2.45, 2.75) is 69.2 Å². The third-order valence-corrected chi connectivity index (χ3v) is 5.42. The van der Waals surface area contributed by atoms with Gasteiger partial charge >= 0.3 is 0 Å². The lowest BCUT2D eigenvalue weighted by molar-refractivity contribution is -0.153. The van der Waals surface area contributed by atoms with E-state index in [-0.39, 0.29) is 17.8 Å². The van der Waals surface area contributed by atoms with E-state index in [0.29, 0.717) is 0 Å². The van der Waals surface area contributed by atoms with Gasteiger partial charge in [0.15, 0.2) is 0 Å². The van der Waals surface area contributed by atoms with E-state index < -0.39 is 0 Å². The highest BCUT2D eigenvalue weighted by molar-refractivity contribution is 5.38. The SMILES string of the molecule is O[C@@H]1CCCc2ccc(OC3CCOC4(CCC4)C3)cc21. The lowest BCUT2D eigenvalue weighted by Gasteiger charge is -2.46. The fraction of sp³-hybridized carbons (Fsp3) is 0.667. The van der Waals surface area contributed by atoms with Crippen LogP contribution in [0.15, 0.2) is 18.2 Å². The van der Waals surface area contributed by atoms with E-state index in [1.807, 2.05) is 0 Å². The van der Waals surface area contributed by atoms with Crippen molar-refractivity contribution in [1.29, 1.82) is 0 Å². The van der Waals surface area contributed by atoms with Gasteiger partial charge in [0.2, 0.25) is 0 Å². The van der Waals surface area contributed by atoms with Crippen molar-refractivity contribution in [2.24, 2.45) is 0 Å². The van der Waals surface area contributed by atoms with Crippen molar-refractivity contribution in [3.63, 3.8) is 0 Å². The number of rotatable bonds is 2. The van der Waals surface area contributed by atoms with E-state index in [1.165, 1.54) is 24.8 Å². The summed E-state index contributed by atoms with van der Waals surface area (Å²) in [5.41, 5.74) is 2.48. The summed E-state index contributed by atoms with van der Waals surface area (Å²) in [6, 6.07) is 6.26. The monoisotopic (exact) mass is 288 g/mol. The molecule has 1 unspecified atom stereocenters. The van der Waals surface area contributed by atoms with Gasteiger partial charge in [-0.05, 0) is 61.8 Å². The first-order valence-electron chi connectivity index (χ1n) is 8.36. The van der Waals surface area contributed by atoms with Crippen LogP contribution in [0.3, 0.4) is 0 Å². The van der Waals surface area contributed by atoms with Crippen molar-refractivity contribution in [3.05, 3.63) is 29.3 Å². The van der Waals surface area contributed by atoms with Gasteiger partial charge in [-0.1, -0.05) is 6.07 Å². The van der Waals surface area contributed by atoms with Gasteiger partial charge in [-0.15, -0.1) is 0 Å². The molecule has 0 amide bonds. The van der Waals surface area contributed by atoms with Crippen molar-refractivity contribution >= 4 is 0 Å². The summed E-state index contributed by atoms with van der Waals surface area (Å²) >= 11 is 0. The van der Waals surface area contributed by atoms with Crippen LogP contribution in [-0.2, 0) is 11.2 Å². The predicted molar refractivity (Wildman–Crippen MR) is 80.5 cm³/mol. The summed E-state index contributed by atoms with van der Waals surface area (Å²) in [6.07, 6.45) is 8.64. The topological polar surface area (TPSA) is 38.7 Å². The van der Waals surface area contributed by atoms with E-state index >= 15 is 0 Å². The molecule has 2 atom stereocenters. The Labute approximate surface area is 126 Å². The largest absolute Gasteiger partial charge is 0.490 e. The molecule has 1 aromatic rings. The molecule has 1 heterocycles. The minimum Gasteiger partial charge on any atom is -0.490 e. The molecule has 1 aromatic carbocycles. The number of aliphatic hydroxyl groups is 1. The maximum Gasteiger partial charge on any atom is 0.120 e. The second-order valence-electron chi connectivity index (χ2n) is 6.89. The molecule has 1 N–H and O–H groups in total. The maximum atomic E-state index is 10.1. The zero-order chi connectivity index (χ0) is 14.3. The number of ether oxygens (including phenoxy) is 2. The Morgan fingerprint density at radius 2 is 2.10 bits per heavy atom. The number of aliphatic hydroxyl groups excluding tert-OH is 1. The molecule has 1 spiro atoms. The van der Waals surface area contributed by atoms with Crippen molar-refractivity contribution in [3.8, 4) is 5.75 Å². The number of benzene rings is 1. The quantitative estimate of drug-likeness (QED) is 0.904. The van der Waals surface area contributed by atoms with Crippen LogP contribution in [0, 0.1) is 0 Å². The lowest BCUT2D eigenvalue weighted by Crippen LogP contribution is -2.48. The molecule has 3 aliphatic rings. The highest BCUT2D eigenvalue weighted by Crippen LogP contribution is 2.43. The fourth-order valence-corrected chi connectivity index (χ4v) is 4.02. The van der Waals surface area contributed by atoms with E-state index in [1.54, 1.807) is 0 Å². The van der Waals surface area contributed by atoms with Crippen LogP contribution in [0.2, 0.25) is 0 Å². The van der Waals surface area contributed by atoms with E-state index in [4.69, 9.17) is 9.47 Å². The van der Waals surface area contributed by atoms with Crippen LogP contribution >= 0.6 is 0 Å². The molecule has 0 bridgehead atoms. The van der Waals surface area contributed by atoms with Gasteiger partial charge in [0.05, 0.1) is 18.3 Å². The molecule has 0 radical (unpaired) electrons. The highest BCUT2D eigenvalue weighted by Gasteiger charge is 2.43. The summed E-state index contributed by atoms with van der Waals surface area (Å²) in [7, 11) is 0. The summed E-state index contributed by atoms with van der Waals surface area (Å²) in [5.74, 6) is 0.913. The Morgan fingerprint density at radius 3 is 2.90 bits per heavy atom. The summed E-state index contributed by atoms with van der Waals surface area (Å²) < 4.78 is 12.2. The molecule has 21 heavy (non-hydrogen) atoms. The van der Waals surface area contributed by atoms with Gasteiger partial charge in [-0.3, -0.25) is 0 Å². The van der Waals surface area contributed by atoms with Crippen LogP contribution in [0.5, 0.6) is 5.75 Å². The van der Waals surface area contributed by atoms with Gasteiger partial charge in [0.25, 0.3) is 0 Å². The number of hydrogen-bond donors (Lipinski definition) is 1. The Hall–Kier alpha value is -1.06. The Morgan fingerprint density at radius 1 is 1.19 bits per heavy atom. The third kappa shape index (κ3) is 2.58. The number of aryl methyl sites for hydroxylation is 1. The summed E-state index contributed by atoms with van der Waals surface area (Å²) in [5, 5.41) is 10.1. The summed E-state index contributed by atoms with van der Waals surface area (Å²) in [4.78, 5) is 0. The van der Waals surface area contributed by atoms with Crippen LogP contribution < -0.4 is 4.74 Å². The number of hydrogen-bond acceptors (Lipinski definition) is 3. The first kappa shape index (κ1) is 13.6. The molecular formula is C18H24O3. The van der Waals surface area contributed by atoms with Gasteiger partial charge in [-0.25, -0.2) is 0 Å². The zero-order valence-electron chi connectivity index (χ0n) is 12.5. The van der Waals surface area contributed by atoms with E-state index in [2.05, 4.69) is 18.2 Å². The molecule has 2 aliphatic carbocycles. The lowest BCUT2D eigenvalue weighted by atomic mass is 9.74. The molecule has 4 rings (SSSR count). The zero-order valence-corrected chi connectivity index (χ0v) is 12.5. The summed E-state index contributed by atoms with van der Waals surface area (Å²) in [6.45, 7) is 0.818. The molecule has 3 heteroatoms. The van der Waals surface area contributed by atoms with E-state index in [0.717, 1.165) is 50.0 Å². The predicted octanol–water partition coefficient (Wildman–Crippen LogP) is 3.54. The van der Waals surface area contributed by atoms with Crippen LogP contribution in [-0.4, -0.2) is 23.4 Å². The molecule has 1 aliphatic heterocycles. The maximum absolute atomic E-state index is 10.1. The van der Waals surface area contributed by atoms with Gasteiger partial charge < -0.3 is 14.6 Å².